The van der Waals surface area contributed by atoms with Crippen molar-refractivity contribution < 1.29 is 23.6 Å². The van der Waals surface area contributed by atoms with Gasteiger partial charge >= 0.3 is 5.97 Å². The summed E-state index contributed by atoms with van der Waals surface area (Å²) >= 11 is 0. The van der Waals surface area contributed by atoms with E-state index in [-0.39, 0.29) is 35.1 Å². The molecule has 2 heterocycles. The largest absolute Gasteiger partial charge is 0.462 e. The molecule has 0 radical (unpaired) electrons. The Morgan fingerprint density at radius 2 is 1.69 bits per heavy atom. The van der Waals surface area contributed by atoms with Crippen LogP contribution in [0.2, 0.25) is 0 Å². The van der Waals surface area contributed by atoms with Crippen LogP contribution in [-0.4, -0.2) is 34.5 Å². The first-order chi connectivity index (χ1) is 14.0. The highest BCUT2D eigenvalue weighted by Gasteiger charge is 2.17. The Morgan fingerprint density at radius 3 is 2.34 bits per heavy atom. The summed E-state index contributed by atoms with van der Waals surface area (Å²) in [4.78, 5) is 41.1. The molecule has 3 aromatic rings. The lowest BCUT2D eigenvalue weighted by molar-refractivity contribution is 0.0527. The highest BCUT2D eigenvalue weighted by atomic mass is 16.5. The van der Waals surface area contributed by atoms with Crippen molar-refractivity contribution in [3.05, 3.63) is 71.2 Å². The van der Waals surface area contributed by atoms with Crippen LogP contribution in [0.5, 0.6) is 0 Å². The number of anilines is 2. The molecule has 1 aromatic carbocycles. The van der Waals surface area contributed by atoms with Crippen molar-refractivity contribution in [2.75, 3.05) is 17.2 Å². The van der Waals surface area contributed by atoms with Crippen molar-refractivity contribution in [3.8, 4) is 0 Å². The summed E-state index contributed by atoms with van der Waals surface area (Å²) in [7, 11) is 0. The lowest BCUT2D eigenvalue weighted by atomic mass is 10.1. The van der Waals surface area contributed by atoms with E-state index in [1.165, 1.54) is 18.2 Å². The summed E-state index contributed by atoms with van der Waals surface area (Å²) in [5.41, 5.74) is 0.535. The summed E-state index contributed by atoms with van der Waals surface area (Å²) in [5.74, 6) is -0.880. The molecule has 29 heavy (non-hydrogen) atoms. The molecule has 9 heteroatoms. The van der Waals surface area contributed by atoms with Gasteiger partial charge < -0.3 is 19.9 Å². The fraction of sp³-hybridized carbons (Fsp3) is 0.150. The van der Waals surface area contributed by atoms with Gasteiger partial charge in [-0.25, -0.2) is 9.78 Å². The molecule has 2 aromatic heterocycles. The van der Waals surface area contributed by atoms with Gasteiger partial charge in [0.15, 0.2) is 5.82 Å². The molecule has 0 saturated heterocycles. The number of para-hydroxylation sites is 1. The second kappa shape index (κ2) is 8.79. The van der Waals surface area contributed by atoms with Crippen LogP contribution in [0.4, 0.5) is 11.5 Å². The summed E-state index contributed by atoms with van der Waals surface area (Å²) in [6.45, 7) is 3.60. The third-order valence-electron chi connectivity index (χ3n) is 3.75. The van der Waals surface area contributed by atoms with Crippen molar-refractivity contribution in [2.45, 2.75) is 13.8 Å². The maximum absolute atomic E-state index is 12.6. The maximum Gasteiger partial charge on any atom is 0.340 e. The van der Waals surface area contributed by atoms with E-state index in [1.807, 2.05) is 0 Å². The van der Waals surface area contributed by atoms with Gasteiger partial charge in [-0.05, 0) is 38.1 Å². The van der Waals surface area contributed by atoms with Gasteiger partial charge in [-0.2, -0.15) is 0 Å². The first-order valence-corrected chi connectivity index (χ1v) is 8.77. The topological polar surface area (TPSA) is 123 Å². The van der Waals surface area contributed by atoms with E-state index in [4.69, 9.17) is 9.26 Å². The fourth-order valence-corrected chi connectivity index (χ4v) is 2.46. The number of esters is 1. The monoisotopic (exact) mass is 394 g/mol. The summed E-state index contributed by atoms with van der Waals surface area (Å²) < 4.78 is 9.88. The Bertz CT molecular complexity index is 1060. The third kappa shape index (κ3) is 4.83. The summed E-state index contributed by atoms with van der Waals surface area (Å²) in [5, 5.41) is 8.84. The van der Waals surface area contributed by atoms with Gasteiger partial charge in [0.1, 0.15) is 17.1 Å². The quantitative estimate of drug-likeness (QED) is 0.616. The molecule has 0 atom stereocenters. The predicted molar refractivity (Wildman–Crippen MR) is 104 cm³/mol. The Morgan fingerprint density at radius 1 is 1.00 bits per heavy atom. The highest BCUT2D eigenvalue weighted by molar-refractivity contribution is 6.08. The number of aromatic nitrogens is 2. The number of hydrogen-bond acceptors (Lipinski definition) is 7. The van der Waals surface area contributed by atoms with Crippen LogP contribution in [0.15, 0.2) is 53.1 Å². The Balaban J connectivity index is 1.76. The molecule has 0 aliphatic heterocycles. The van der Waals surface area contributed by atoms with Gasteiger partial charge in [-0.15, -0.1) is 0 Å². The Labute approximate surface area is 166 Å². The van der Waals surface area contributed by atoms with Crippen molar-refractivity contribution in [2.24, 2.45) is 0 Å². The standard InChI is InChI=1S/C20H18N4O5/c1-3-28-20(27)13-7-4-5-8-14(13)22-18(25)15-9-6-10-16(21-15)19(26)23-17-11-12(2)29-24-17/h4-11H,3H2,1-2H3,(H,22,25)(H,23,24,26). The molecule has 0 aliphatic carbocycles. The average molecular weight is 394 g/mol. The minimum Gasteiger partial charge on any atom is -0.462 e. The molecule has 148 valence electrons. The minimum atomic E-state index is -0.575. The summed E-state index contributed by atoms with van der Waals surface area (Å²) in [6, 6.07) is 12.5. The van der Waals surface area contributed by atoms with Gasteiger partial charge in [0.25, 0.3) is 11.8 Å². The second-order valence-corrected chi connectivity index (χ2v) is 5.91. The number of benzene rings is 1. The first-order valence-electron chi connectivity index (χ1n) is 8.77. The third-order valence-corrected chi connectivity index (χ3v) is 3.75. The molecule has 2 amide bonds. The minimum absolute atomic E-state index is 0.00708. The molecular formula is C20H18N4O5. The van der Waals surface area contributed by atoms with Crippen molar-refractivity contribution in [1.29, 1.82) is 0 Å². The normalized spacial score (nSPS) is 10.3. The van der Waals surface area contributed by atoms with Gasteiger partial charge in [0.2, 0.25) is 0 Å². The molecule has 0 bridgehead atoms. The fourth-order valence-electron chi connectivity index (χ4n) is 2.46. The van der Waals surface area contributed by atoms with Gasteiger partial charge in [-0.3, -0.25) is 9.59 Å². The van der Waals surface area contributed by atoms with E-state index in [0.717, 1.165) is 0 Å². The Kier molecular flexibility index (Phi) is 5.98. The number of amides is 2. The van der Waals surface area contributed by atoms with Crippen molar-refractivity contribution >= 4 is 29.3 Å². The number of hydrogen-bond donors (Lipinski definition) is 2. The van der Waals surface area contributed by atoms with Gasteiger partial charge in [0.05, 0.1) is 17.9 Å². The molecule has 0 spiro atoms. The first kappa shape index (κ1) is 19.7. The van der Waals surface area contributed by atoms with E-state index < -0.39 is 17.8 Å². The van der Waals surface area contributed by atoms with Gasteiger partial charge in [-0.1, -0.05) is 23.4 Å². The molecule has 3 rings (SSSR count). The summed E-state index contributed by atoms with van der Waals surface area (Å²) in [6.07, 6.45) is 0. The number of nitrogens with one attached hydrogen (secondary N) is 2. The zero-order chi connectivity index (χ0) is 20.8. The number of pyridine rings is 1. The average Bonchev–Trinajstić information content (AvgIpc) is 3.13. The highest BCUT2D eigenvalue weighted by Crippen LogP contribution is 2.17. The van der Waals surface area contributed by atoms with Crippen LogP contribution in [0.3, 0.4) is 0 Å². The van der Waals surface area contributed by atoms with E-state index >= 15 is 0 Å². The van der Waals surface area contributed by atoms with E-state index in [1.54, 1.807) is 44.2 Å². The van der Waals surface area contributed by atoms with Crippen LogP contribution in [-0.2, 0) is 4.74 Å². The van der Waals surface area contributed by atoms with Crippen LogP contribution in [0.1, 0.15) is 44.0 Å². The molecule has 9 nitrogen and oxygen atoms in total. The van der Waals surface area contributed by atoms with Crippen molar-refractivity contribution in [3.63, 3.8) is 0 Å². The SMILES string of the molecule is CCOC(=O)c1ccccc1NC(=O)c1cccc(C(=O)Nc2cc(C)on2)n1. The number of nitrogens with zero attached hydrogens (tertiary/aromatic N) is 2. The van der Waals surface area contributed by atoms with E-state index in [9.17, 15) is 14.4 Å². The zero-order valence-electron chi connectivity index (χ0n) is 15.8. The molecule has 0 fully saturated rings. The van der Waals surface area contributed by atoms with Crippen LogP contribution in [0, 0.1) is 6.92 Å². The van der Waals surface area contributed by atoms with Crippen LogP contribution >= 0.6 is 0 Å². The Hall–Kier alpha value is -4.01. The lowest BCUT2D eigenvalue weighted by Crippen LogP contribution is -2.20. The smallest absolute Gasteiger partial charge is 0.340 e. The maximum atomic E-state index is 12.6. The van der Waals surface area contributed by atoms with E-state index in [0.29, 0.717) is 5.76 Å². The number of aryl methyl sites for hydroxylation is 1. The lowest BCUT2D eigenvalue weighted by Gasteiger charge is -2.10. The molecule has 2 N–H and O–H groups in total. The molecule has 0 saturated carbocycles. The van der Waals surface area contributed by atoms with Crippen molar-refractivity contribution in [1.82, 2.24) is 10.1 Å². The molecular weight excluding hydrogens is 376 g/mol. The van der Waals surface area contributed by atoms with Gasteiger partial charge in [0, 0.05) is 6.07 Å². The zero-order valence-corrected chi connectivity index (χ0v) is 15.8. The van der Waals surface area contributed by atoms with Crippen LogP contribution < -0.4 is 10.6 Å². The second-order valence-electron chi connectivity index (χ2n) is 5.91. The molecule has 0 unspecified atom stereocenters. The predicted octanol–water partition coefficient (Wildman–Crippen LogP) is 3.06. The number of carbonyl (C=O) groups excluding carboxylic acids is 3. The number of carbonyl (C=O) groups is 3. The van der Waals surface area contributed by atoms with Crippen LogP contribution in [0.25, 0.3) is 0 Å². The van der Waals surface area contributed by atoms with E-state index in [2.05, 4.69) is 20.8 Å². The number of rotatable bonds is 6. The number of ether oxygens (including phenoxy) is 1. The molecule has 0 aliphatic rings.